The third-order valence-electron chi connectivity index (χ3n) is 14.3. The zero-order valence-electron chi connectivity index (χ0n) is 41.8. The predicted molar refractivity (Wildman–Crippen MR) is 255 cm³/mol. The fourth-order valence-electron chi connectivity index (χ4n) is 10.2. The van der Waals surface area contributed by atoms with Crippen molar-refractivity contribution in [1.82, 2.24) is 15.1 Å². The summed E-state index contributed by atoms with van der Waals surface area (Å²) in [7, 11) is 5.23. The summed E-state index contributed by atoms with van der Waals surface area (Å²) in [6.07, 6.45) is -8.61. The average molecular weight is 972 g/mol. The monoisotopic (exact) mass is 972 g/mol. The highest BCUT2D eigenvalue weighted by molar-refractivity contribution is 7.80. The van der Waals surface area contributed by atoms with Gasteiger partial charge in [0.15, 0.2) is 17.7 Å². The van der Waals surface area contributed by atoms with Crippen molar-refractivity contribution >= 4 is 34.7 Å². The Kier molecular flexibility index (Phi) is 20.3. The van der Waals surface area contributed by atoms with E-state index in [1.165, 1.54) is 26.2 Å². The molecule has 18 atom stereocenters. The molecule has 0 unspecified atom stereocenters. The number of esters is 1. The molecule has 3 aliphatic heterocycles. The van der Waals surface area contributed by atoms with Crippen LogP contribution in [0.3, 0.4) is 0 Å². The molecule has 3 heterocycles. The van der Waals surface area contributed by atoms with Crippen molar-refractivity contribution in [3.8, 4) is 0 Å². The molecule has 384 valence electrons. The SMILES string of the molecule is CC[C@H]1OC(=O)[C@H](C)[C@@H](O[C@H]2C[C@@](C)(OC)[C@@H](O)[C@H](C)O2)[C@H](C)[C@@H](O[C@@H]2O[C@H](C)C[C@H](N(C)C)[C@H]2O)[C@](C)(O)C[C@@H](C)CN(CCCNC(=S)Nc2ccc([N+](=O)[O-])cc2)[C@H](C)[C@@H](O)[C@]1(C)O. The van der Waals surface area contributed by atoms with E-state index in [0.29, 0.717) is 43.3 Å². The summed E-state index contributed by atoms with van der Waals surface area (Å²) < 4.78 is 38.0. The van der Waals surface area contributed by atoms with Crippen molar-refractivity contribution in [1.29, 1.82) is 0 Å². The molecular weight excluding hydrogens is 891 g/mol. The van der Waals surface area contributed by atoms with Crippen LogP contribution in [0, 0.1) is 27.9 Å². The quantitative estimate of drug-likeness (QED) is 0.0491. The van der Waals surface area contributed by atoms with Gasteiger partial charge in [0, 0.05) is 69.0 Å². The lowest BCUT2D eigenvalue weighted by atomic mass is 9.77. The van der Waals surface area contributed by atoms with Gasteiger partial charge in [0.05, 0.1) is 46.5 Å². The molecule has 3 saturated heterocycles. The number of nitrogens with zero attached hydrogens (tertiary/aromatic N) is 3. The van der Waals surface area contributed by atoms with Gasteiger partial charge in [-0.1, -0.05) is 20.8 Å². The molecule has 0 radical (unpaired) electrons. The van der Waals surface area contributed by atoms with Crippen molar-refractivity contribution in [3.63, 3.8) is 0 Å². The largest absolute Gasteiger partial charge is 0.459 e. The Morgan fingerprint density at radius 2 is 1.64 bits per heavy atom. The molecule has 0 bridgehead atoms. The first kappa shape index (κ1) is 56.9. The lowest BCUT2D eigenvalue weighted by Gasteiger charge is -2.48. The number of non-ortho nitro benzene ring substituents is 1. The van der Waals surface area contributed by atoms with E-state index in [1.807, 2.05) is 37.7 Å². The molecule has 7 N–H and O–H groups in total. The predicted octanol–water partition coefficient (Wildman–Crippen LogP) is 3.56. The maximum absolute atomic E-state index is 14.5. The number of hydrogen-bond donors (Lipinski definition) is 7. The third-order valence-corrected chi connectivity index (χ3v) is 14.5. The number of likely N-dealkylation sites (N-methyl/N-ethyl adjacent to an activating group) is 1. The van der Waals surface area contributed by atoms with Gasteiger partial charge in [0.2, 0.25) is 0 Å². The molecule has 20 heteroatoms. The number of hydrogen-bond acceptors (Lipinski definition) is 17. The van der Waals surface area contributed by atoms with Crippen molar-refractivity contribution in [2.24, 2.45) is 17.8 Å². The van der Waals surface area contributed by atoms with Gasteiger partial charge in [-0.3, -0.25) is 19.8 Å². The Labute approximate surface area is 402 Å². The first-order valence-corrected chi connectivity index (χ1v) is 24.1. The Morgan fingerprint density at radius 3 is 2.22 bits per heavy atom. The number of nitro benzene ring substituents is 1. The van der Waals surface area contributed by atoms with E-state index < -0.39 is 101 Å². The summed E-state index contributed by atoms with van der Waals surface area (Å²) in [5.74, 6) is -2.91. The van der Waals surface area contributed by atoms with E-state index in [9.17, 15) is 40.4 Å². The molecule has 0 amide bonds. The normalized spacial score (nSPS) is 40.9. The van der Waals surface area contributed by atoms with E-state index in [4.69, 9.17) is 40.6 Å². The minimum Gasteiger partial charge on any atom is -0.459 e. The number of cyclic esters (lactones) is 1. The van der Waals surface area contributed by atoms with Crippen LogP contribution < -0.4 is 10.6 Å². The van der Waals surface area contributed by atoms with Gasteiger partial charge < -0.3 is 69.5 Å². The van der Waals surface area contributed by atoms with Gasteiger partial charge in [0.25, 0.3) is 5.69 Å². The van der Waals surface area contributed by atoms with Crippen LogP contribution >= 0.6 is 12.2 Å². The molecule has 0 aliphatic carbocycles. The van der Waals surface area contributed by atoms with Gasteiger partial charge >= 0.3 is 5.97 Å². The number of ether oxygens (including phenoxy) is 6. The van der Waals surface area contributed by atoms with Crippen LogP contribution in [0.1, 0.15) is 101 Å². The number of carbonyl (C=O) groups is 1. The van der Waals surface area contributed by atoms with Crippen LogP contribution in [0.2, 0.25) is 0 Å². The van der Waals surface area contributed by atoms with Crippen LogP contribution in [0.25, 0.3) is 0 Å². The Bertz CT molecular complexity index is 1760. The molecular formula is C47H81N5O14S. The lowest BCUT2D eigenvalue weighted by molar-refractivity contribution is -0.384. The Balaban J connectivity index is 1.72. The van der Waals surface area contributed by atoms with Gasteiger partial charge in [-0.2, -0.15) is 0 Å². The molecule has 0 aromatic heterocycles. The van der Waals surface area contributed by atoms with Crippen LogP contribution in [-0.4, -0.2) is 182 Å². The summed E-state index contributed by atoms with van der Waals surface area (Å²) in [5.41, 5.74) is -4.13. The molecule has 67 heavy (non-hydrogen) atoms. The molecule has 1 aromatic carbocycles. The van der Waals surface area contributed by atoms with E-state index in [2.05, 4.69) is 10.6 Å². The third kappa shape index (κ3) is 14.2. The number of carbonyl (C=O) groups excluding carboxylic acids is 1. The maximum atomic E-state index is 14.5. The van der Waals surface area contributed by atoms with E-state index >= 15 is 0 Å². The summed E-state index contributed by atoms with van der Waals surface area (Å²) in [6, 6.07) is 4.87. The van der Waals surface area contributed by atoms with Gasteiger partial charge in [-0.25, -0.2) is 0 Å². The highest BCUT2D eigenvalue weighted by atomic mass is 32.1. The fraction of sp³-hybridized carbons (Fsp3) is 0.830. The molecule has 0 saturated carbocycles. The first-order chi connectivity index (χ1) is 31.2. The smallest absolute Gasteiger partial charge is 0.311 e. The number of nitro groups is 1. The van der Waals surface area contributed by atoms with Crippen LogP contribution in [0.5, 0.6) is 0 Å². The topological polar surface area (TPSA) is 247 Å². The number of benzene rings is 1. The number of methoxy groups -OCH3 is 1. The van der Waals surface area contributed by atoms with E-state index in [-0.39, 0.29) is 43.0 Å². The standard InChI is InChI=1S/C47H81N5O14S/c1-14-35-47(10,58)39(54)30(6)51(21-15-20-48-44(67)49-32-16-18-33(19-17-32)52(59)60)25-26(2)23-45(8,57)41(66-43-37(53)34(50(11)12)22-27(3)62-43)28(4)38(29(5)42(56)64-35)65-36-24-46(9,61-13)40(55)31(7)63-36/h16-19,26-31,34-41,43,53-55,57-58H,14-15,20-25H2,1-13H3,(H2,48,49,67)/t26-,27-,28+,29-,30-,31+,34+,35-,36+,37-,38+,39-,40+,41-,43+,45-,46-,47-/m1/s1. The number of thiocarbonyl (C=S) groups is 1. The van der Waals surface area contributed by atoms with Crippen molar-refractivity contribution in [2.45, 2.75) is 192 Å². The van der Waals surface area contributed by atoms with E-state index in [1.54, 1.807) is 60.6 Å². The Morgan fingerprint density at radius 1 is 1.00 bits per heavy atom. The molecule has 19 nitrogen and oxygen atoms in total. The number of aliphatic hydroxyl groups is 5. The molecule has 1 aromatic rings. The second kappa shape index (κ2) is 23.9. The highest BCUT2D eigenvalue weighted by Gasteiger charge is 2.53. The molecule has 3 aliphatic rings. The first-order valence-electron chi connectivity index (χ1n) is 23.7. The zero-order chi connectivity index (χ0) is 50.3. The fourth-order valence-corrected chi connectivity index (χ4v) is 10.4. The minimum absolute atomic E-state index is 0.0426. The highest BCUT2D eigenvalue weighted by Crippen LogP contribution is 2.40. The lowest BCUT2D eigenvalue weighted by Crippen LogP contribution is -2.60. The minimum atomic E-state index is -1.93. The number of nitrogens with one attached hydrogen (secondary N) is 2. The molecule has 3 fully saturated rings. The number of rotatable bonds is 13. The summed E-state index contributed by atoms with van der Waals surface area (Å²) in [6.45, 7) is 18.6. The summed E-state index contributed by atoms with van der Waals surface area (Å²) in [4.78, 5) is 29.1. The van der Waals surface area contributed by atoms with Crippen LogP contribution in [0.4, 0.5) is 11.4 Å². The summed E-state index contributed by atoms with van der Waals surface area (Å²) in [5, 5.41) is 77.4. The van der Waals surface area contributed by atoms with Crippen LogP contribution in [-0.2, 0) is 33.2 Å². The van der Waals surface area contributed by atoms with Gasteiger partial charge in [-0.05, 0) is 119 Å². The zero-order valence-corrected chi connectivity index (χ0v) is 42.6. The van der Waals surface area contributed by atoms with Gasteiger partial charge in [-0.15, -0.1) is 0 Å². The van der Waals surface area contributed by atoms with Crippen molar-refractivity contribution < 1.29 is 63.7 Å². The second-order valence-corrected chi connectivity index (χ2v) is 20.7. The average Bonchev–Trinajstić information content (AvgIpc) is 3.25. The van der Waals surface area contributed by atoms with Crippen molar-refractivity contribution in [3.05, 3.63) is 34.4 Å². The van der Waals surface area contributed by atoms with E-state index in [0.717, 1.165) is 0 Å². The van der Waals surface area contributed by atoms with Crippen LogP contribution in [0.15, 0.2) is 24.3 Å². The number of anilines is 1. The van der Waals surface area contributed by atoms with Crippen molar-refractivity contribution in [2.75, 3.05) is 46.2 Å². The van der Waals surface area contributed by atoms with Gasteiger partial charge in [0.1, 0.15) is 30.0 Å². The molecule has 4 rings (SSSR count). The maximum Gasteiger partial charge on any atom is 0.311 e. The Hall–Kier alpha value is -2.70. The number of aliphatic hydroxyl groups excluding tert-OH is 3. The summed E-state index contributed by atoms with van der Waals surface area (Å²) >= 11 is 5.49. The molecule has 0 spiro atoms. The second-order valence-electron chi connectivity index (χ2n) is 20.3.